The molecule has 0 bridgehead atoms. The molecule has 2 heterocycles. The molecule has 31 heavy (non-hydrogen) atoms. The van der Waals surface area contributed by atoms with Crippen LogP contribution in [0.3, 0.4) is 0 Å². The van der Waals surface area contributed by atoms with E-state index in [2.05, 4.69) is 6.92 Å². The van der Waals surface area contributed by atoms with Crippen LogP contribution in [0.25, 0.3) is 0 Å². The molecule has 0 aromatic heterocycles. The van der Waals surface area contributed by atoms with Gasteiger partial charge in [-0.25, -0.2) is 8.42 Å². The number of hydrogen-bond donors (Lipinski definition) is 0. The summed E-state index contributed by atoms with van der Waals surface area (Å²) in [4.78, 5) is 29.3. The van der Waals surface area contributed by atoms with Crippen LogP contribution in [0.2, 0.25) is 0 Å². The molecule has 0 N–H and O–H groups in total. The quantitative estimate of drug-likeness (QED) is 0.712. The Kier molecular flexibility index (Phi) is 6.11. The van der Waals surface area contributed by atoms with E-state index < -0.39 is 15.9 Å². The Balaban J connectivity index is 1.38. The standard InChI is InChI=1S/C23H27N3O4S/c1-2-18-7-6-8-20(15-18)26-17-19(16-22(26)27)23(28)24-11-13-25(14-12-24)31(29,30)21-9-4-3-5-10-21/h3-10,15,19H,2,11-14,16-17H2,1H3/t19-/m0/s1. The zero-order valence-electron chi connectivity index (χ0n) is 17.6. The largest absolute Gasteiger partial charge is 0.340 e. The van der Waals surface area contributed by atoms with Gasteiger partial charge in [0.15, 0.2) is 0 Å². The Morgan fingerprint density at radius 1 is 1.00 bits per heavy atom. The molecule has 2 aliphatic rings. The third kappa shape index (κ3) is 4.36. The Bertz CT molecular complexity index is 1060. The van der Waals surface area contributed by atoms with Crippen LogP contribution < -0.4 is 4.90 Å². The van der Waals surface area contributed by atoms with Crippen LogP contribution in [-0.4, -0.2) is 62.2 Å². The summed E-state index contributed by atoms with van der Waals surface area (Å²) >= 11 is 0. The van der Waals surface area contributed by atoms with Crippen LogP contribution >= 0.6 is 0 Å². The summed E-state index contributed by atoms with van der Waals surface area (Å²) in [6.45, 7) is 3.61. The number of hydrogen-bond acceptors (Lipinski definition) is 4. The van der Waals surface area contributed by atoms with E-state index in [9.17, 15) is 18.0 Å². The van der Waals surface area contributed by atoms with Crippen molar-refractivity contribution in [3.63, 3.8) is 0 Å². The van der Waals surface area contributed by atoms with Gasteiger partial charge in [-0.3, -0.25) is 9.59 Å². The van der Waals surface area contributed by atoms with E-state index >= 15 is 0 Å². The highest BCUT2D eigenvalue weighted by Gasteiger charge is 2.39. The van der Waals surface area contributed by atoms with Crippen molar-refractivity contribution in [3.8, 4) is 0 Å². The van der Waals surface area contributed by atoms with Crippen LogP contribution in [0.1, 0.15) is 18.9 Å². The first-order valence-corrected chi connectivity index (χ1v) is 12.1. The SMILES string of the molecule is CCc1cccc(N2C[C@@H](C(=O)N3CCN(S(=O)(=O)c4ccccc4)CC3)CC2=O)c1. The number of amides is 2. The average molecular weight is 442 g/mol. The fourth-order valence-corrected chi connectivity index (χ4v) is 5.66. The fourth-order valence-electron chi connectivity index (χ4n) is 4.22. The van der Waals surface area contributed by atoms with Crippen molar-refractivity contribution in [2.45, 2.75) is 24.7 Å². The highest BCUT2D eigenvalue weighted by molar-refractivity contribution is 7.89. The summed E-state index contributed by atoms with van der Waals surface area (Å²) in [7, 11) is -3.56. The summed E-state index contributed by atoms with van der Waals surface area (Å²) < 4.78 is 27.0. The number of anilines is 1. The molecule has 164 valence electrons. The van der Waals surface area contributed by atoms with Crippen molar-refractivity contribution >= 4 is 27.5 Å². The predicted octanol–water partition coefficient (Wildman–Crippen LogP) is 2.13. The molecule has 4 rings (SSSR count). The first-order valence-electron chi connectivity index (χ1n) is 10.6. The van der Waals surface area contributed by atoms with Gasteiger partial charge >= 0.3 is 0 Å². The molecule has 2 aromatic carbocycles. The smallest absolute Gasteiger partial charge is 0.243 e. The van der Waals surface area contributed by atoms with Gasteiger partial charge in [-0.05, 0) is 36.2 Å². The molecule has 0 spiro atoms. The maximum absolute atomic E-state index is 13.1. The monoisotopic (exact) mass is 441 g/mol. The number of nitrogens with zero attached hydrogens (tertiary/aromatic N) is 3. The van der Waals surface area contributed by atoms with E-state index in [4.69, 9.17) is 0 Å². The Hall–Kier alpha value is -2.71. The third-order valence-electron chi connectivity index (χ3n) is 6.04. The van der Waals surface area contributed by atoms with Crippen molar-refractivity contribution < 1.29 is 18.0 Å². The van der Waals surface area contributed by atoms with Crippen LogP contribution in [0.5, 0.6) is 0 Å². The minimum atomic E-state index is -3.56. The van der Waals surface area contributed by atoms with E-state index in [-0.39, 0.29) is 36.2 Å². The molecule has 0 aliphatic carbocycles. The molecule has 2 aromatic rings. The van der Waals surface area contributed by atoms with Gasteiger partial charge in [0.25, 0.3) is 0 Å². The van der Waals surface area contributed by atoms with Gasteiger partial charge in [-0.15, -0.1) is 0 Å². The number of carbonyl (C=O) groups is 2. The van der Waals surface area contributed by atoms with E-state index in [1.807, 2.05) is 24.3 Å². The van der Waals surface area contributed by atoms with Crippen LogP contribution in [0, 0.1) is 5.92 Å². The van der Waals surface area contributed by atoms with E-state index in [0.29, 0.717) is 19.6 Å². The van der Waals surface area contributed by atoms with Gasteiger partial charge in [0.1, 0.15) is 0 Å². The average Bonchev–Trinajstić information content (AvgIpc) is 3.21. The number of sulfonamides is 1. The molecule has 0 unspecified atom stereocenters. The van der Waals surface area contributed by atoms with Crippen LogP contribution in [0.4, 0.5) is 5.69 Å². The topological polar surface area (TPSA) is 78.0 Å². The summed E-state index contributed by atoms with van der Waals surface area (Å²) in [6.07, 6.45) is 1.08. The highest BCUT2D eigenvalue weighted by Crippen LogP contribution is 2.28. The van der Waals surface area contributed by atoms with Crippen molar-refractivity contribution in [1.29, 1.82) is 0 Å². The summed E-state index contributed by atoms with van der Waals surface area (Å²) in [5.74, 6) is -0.508. The third-order valence-corrected chi connectivity index (χ3v) is 7.95. The lowest BCUT2D eigenvalue weighted by atomic mass is 10.1. The first kappa shape index (κ1) is 21.5. The molecular formula is C23H27N3O4S. The number of rotatable bonds is 5. The molecule has 0 radical (unpaired) electrons. The lowest BCUT2D eigenvalue weighted by Crippen LogP contribution is -2.52. The van der Waals surface area contributed by atoms with Crippen molar-refractivity contribution in [2.75, 3.05) is 37.6 Å². The van der Waals surface area contributed by atoms with E-state index in [1.165, 1.54) is 4.31 Å². The molecular weight excluding hydrogens is 414 g/mol. The second-order valence-corrected chi connectivity index (χ2v) is 9.91. The zero-order chi connectivity index (χ0) is 22.0. The van der Waals surface area contributed by atoms with E-state index in [0.717, 1.165) is 17.7 Å². The molecule has 2 amide bonds. The Morgan fingerprint density at radius 3 is 2.39 bits per heavy atom. The van der Waals surface area contributed by atoms with Gasteiger partial charge in [0.2, 0.25) is 21.8 Å². The lowest BCUT2D eigenvalue weighted by molar-refractivity contribution is -0.136. The maximum Gasteiger partial charge on any atom is 0.243 e. The molecule has 2 saturated heterocycles. The van der Waals surface area contributed by atoms with Gasteiger partial charge < -0.3 is 9.80 Å². The second kappa shape index (κ2) is 8.80. The number of aryl methyl sites for hydroxylation is 1. The summed E-state index contributed by atoms with van der Waals surface area (Å²) in [6, 6.07) is 16.2. The molecule has 1 atom stereocenters. The normalized spacial score (nSPS) is 20.3. The van der Waals surface area contributed by atoms with Crippen LogP contribution in [-0.2, 0) is 26.0 Å². The Labute approximate surface area is 183 Å². The van der Waals surface area contributed by atoms with Gasteiger partial charge in [0, 0.05) is 44.8 Å². The number of benzene rings is 2. The van der Waals surface area contributed by atoms with Gasteiger partial charge in [-0.1, -0.05) is 37.3 Å². The molecule has 2 aliphatic heterocycles. The minimum absolute atomic E-state index is 0.0445. The van der Waals surface area contributed by atoms with Crippen molar-refractivity contribution in [3.05, 3.63) is 60.2 Å². The van der Waals surface area contributed by atoms with Gasteiger partial charge in [-0.2, -0.15) is 4.31 Å². The lowest BCUT2D eigenvalue weighted by Gasteiger charge is -2.35. The Morgan fingerprint density at radius 2 is 1.71 bits per heavy atom. The maximum atomic E-state index is 13.1. The zero-order valence-corrected chi connectivity index (χ0v) is 18.4. The summed E-state index contributed by atoms with van der Waals surface area (Å²) in [5, 5.41) is 0. The van der Waals surface area contributed by atoms with E-state index in [1.54, 1.807) is 40.1 Å². The predicted molar refractivity (Wildman–Crippen MR) is 118 cm³/mol. The second-order valence-electron chi connectivity index (χ2n) is 7.97. The number of piperazine rings is 1. The fraction of sp³-hybridized carbons (Fsp3) is 0.391. The highest BCUT2D eigenvalue weighted by atomic mass is 32.2. The minimum Gasteiger partial charge on any atom is -0.340 e. The molecule has 7 nitrogen and oxygen atoms in total. The van der Waals surface area contributed by atoms with Crippen molar-refractivity contribution in [2.24, 2.45) is 5.92 Å². The number of carbonyl (C=O) groups excluding carboxylic acids is 2. The van der Waals surface area contributed by atoms with Crippen molar-refractivity contribution in [1.82, 2.24) is 9.21 Å². The molecule has 8 heteroatoms. The summed E-state index contributed by atoms with van der Waals surface area (Å²) in [5.41, 5.74) is 1.98. The first-order chi connectivity index (χ1) is 14.9. The van der Waals surface area contributed by atoms with Gasteiger partial charge in [0.05, 0.1) is 10.8 Å². The molecule has 2 fully saturated rings. The van der Waals surface area contributed by atoms with Crippen LogP contribution in [0.15, 0.2) is 59.5 Å². The molecule has 0 saturated carbocycles.